The van der Waals surface area contributed by atoms with Gasteiger partial charge in [-0.1, -0.05) is 11.8 Å². The molecule has 2 atom stereocenters. The molecular weight excluding hydrogens is 252 g/mol. The number of carbonyl (C=O) groups is 1. The first-order chi connectivity index (χ1) is 7.50. The molecule has 1 N–H and O–H groups in total. The van der Waals surface area contributed by atoms with Crippen molar-refractivity contribution in [3.05, 3.63) is 0 Å². The molecule has 1 heterocycles. The standard InChI is InChI=1S/C7H12N4O3S2/c1-5(16(2)14)3-11-7(8-9-10-11)15-4-6(12)13/h5H,3-4H2,1-2H3,(H,12,13). The van der Waals surface area contributed by atoms with Gasteiger partial charge in [-0.25, -0.2) is 4.68 Å². The second-order valence-corrected chi connectivity index (χ2v) is 5.88. The average molecular weight is 264 g/mol. The van der Waals surface area contributed by atoms with E-state index < -0.39 is 16.8 Å². The van der Waals surface area contributed by atoms with Gasteiger partial charge >= 0.3 is 5.97 Å². The van der Waals surface area contributed by atoms with Crippen LogP contribution in [0.1, 0.15) is 6.92 Å². The number of carboxylic acid groups (broad SMARTS) is 1. The molecule has 0 aliphatic rings. The van der Waals surface area contributed by atoms with E-state index in [4.69, 9.17) is 5.11 Å². The SMILES string of the molecule is CC(Cn1nnnc1SCC(=O)O)S(C)=O. The van der Waals surface area contributed by atoms with Gasteiger partial charge in [0.1, 0.15) is 0 Å². The Balaban J connectivity index is 2.63. The highest BCUT2D eigenvalue weighted by Gasteiger charge is 2.13. The summed E-state index contributed by atoms with van der Waals surface area (Å²) < 4.78 is 12.6. The fraction of sp³-hybridized carbons (Fsp3) is 0.714. The Morgan fingerprint density at radius 2 is 2.38 bits per heavy atom. The lowest BCUT2D eigenvalue weighted by atomic mass is 10.5. The zero-order chi connectivity index (χ0) is 12.1. The molecule has 9 heteroatoms. The predicted octanol–water partition coefficient (Wildman–Crippen LogP) is -0.383. The summed E-state index contributed by atoms with van der Waals surface area (Å²) in [6.45, 7) is 2.24. The third kappa shape index (κ3) is 3.89. The largest absolute Gasteiger partial charge is 0.481 e. The maximum absolute atomic E-state index is 11.2. The van der Waals surface area contributed by atoms with Crippen LogP contribution in [0, 0.1) is 0 Å². The Morgan fingerprint density at radius 3 is 2.94 bits per heavy atom. The van der Waals surface area contributed by atoms with Crippen LogP contribution in [0.4, 0.5) is 0 Å². The lowest BCUT2D eigenvalue weighted by molar-refractivity contribution is -0.133. The second-order valence-electron chi connectivity index (χ2n) is 3.14. The molecule has 0 aliphatic carbocycles. The number of nitrogens with zero attached hydrogens (tertiary/aromatic N) is 4. The van der Waals surface area contributed by atoms with E-state index in [2.05, 4.69) is 15.5 Å². The van der Waals surface area contributed by atoms with Crippen LogP contribution in [0.15, 0.2) is 5.16 Å². The number of aliphatic carboxylic acids is 1. The quantitative estimate of drug-likeness (QED) is 0.699. The molecule has 7 nitrogen and oxygen atoms in total. The molecule has 0 bridgehead atoms. The minimum atomic E-state index is -0.958. The zero-order valence-corrected chi connectivity index (χ0v) is 10.5. The zero-order valence-electron chi connectivity index (χ0n) is 8.86. The van der Waals surface area contributed by atoms with Crippen molar-refractivity contribution in [3.63, 3.8) is 0 Å². The van der Waals surface area contributed by atoms with Gasteiger partial charge in [0.15, 0.2) is 0 Å². The Morgan fingerprint density at radius 1 is 1.69 bits per heavy atom. The highest BCUT2D eigenvalue weighted by Crippen LogP contribution is 2.13. The van der Waals surface area contributed by atoms with Crippen LogP contribution >= 0.6 is 11.8 Å². The molecular formula is C7H12N4O3S2. The lowest BCUT2D eigenvalue weighted by Gasteiger charge is -2.08. The van der Waals surface area contributed by atoms with Crippen LogP contribution in [0.3, 0.4) is 0 Å². The Kier molecular flexibility index (Phi) is 4.87. The van der Waals surface area contributed by atoms with Crippen LogP contribution in [0.2, 0.25) is 0 Å². The molecule has 0 radical (unpaired) electrons. The summed E-state index contributed by atoms with van der Waals surface area (Å²) in [7, 11) is -0.958. The van der Waals surface area contributed by atoms with E-state index in [-0.39, 0.29) is 11.0 Å². The molecule has 0 aliphatic heterocycles. The molecule has 2 unspecified atom stereocenters. The van der Waals surface area contributed by atoms with Crippen molar-refractivity contribution in [2.45, 2.75) is 23.9 Å². The van der Waals surface area contributed by atoms with Gasteiger partial charge in [0, 0.05) is 17.1 Å². The van der Waals surface area contributed by atoms with Gasteiger partial charge < -0.3 is 5.11 Å². The summed E-state index contributed by atoms with van der Waals surface area (Å²) in [4.78, 5) is 10.4. The Hall–Kier alpha value is -0.960. The molecule has 0 spiro atoms. The molecule has 1 aromatic rings. The molecule has 0 fully saturated rings. The van der Waals surface area contributed by atoms with Crippen LogP contribution in [-0.4, -0.2) is 52.8 Å². The highest BCUT2D eigenvalue weighted by molar-refractivity contribution is 7.99. The first-order valence-corrected chi connectivity index (χ1v) is 7.04. The molecule has 1 aromatic heterocycles. The average Bonchev–Trinajstić information content (AvgIpc) is 2.62. The topological polar surface area (TPSA) is 98.0 Å². The number of carboxylic acids is 1. The van der Waals surface area contributed by atoms with E-state index in [0.717, 1.165) is 11.8 Å². The fourth-order valence-electron chi connectivity index (χ4n) is 0.889. The van der Waals surface area contributed by atoms with E-state index in [0.29, 0.717) is 11.7 Å². The number of hydrogen-bond donors (Lipinski definition) is 1. The van der Waals surface area contributed by atoms with Crippen molar-refractivity contribution in [2.75, 3.05) is 12.0 Å². The summed E-state index contributed by atoms with van der Waals surface area (Å²) in [5.74, 6) is -1.02. The predicted molar refractivity (Wildman–Crippen MR) is 59.7 cm³/mol. The van der Waals surface area contributed by atoms with Gasteiger partial charge in [-0.3, -0.25) is 9.00 Å². The molecule has 16 heavy (non-hydrogen) atoms. The maximum Gasteiger partial charge on any atom is 0.313 e. The van der Waals surface area contributed by atoms with E-state index in [1.807, 2.05) is 6.92 Å². The first kappa shape index (κ1) is 13.1. The monoisotopic (exact) mass is 264 g/mol. The molecule has 0 saturated carbocycles. The molecule has 0 aromatic carbocycles. The third-order valence-corrected chi connectivity index (χ3v) is 4.04. The lowest BCUT2D eigenvalue weighted by Crippen LogP contribution is -2.19. The smallest absolute Gasteiger partial charge is 0.313 e. The number of hydrogen-bond acceptors (Lipinski definition) is 6. The van der Waals surface area contributed by atoms with Crippen LogP contribution in [0.25, 0.3) is 0 Å². The number of aromatic nitrogens is 4. The van der Waals surface area contributed by atoms with E-state index >= 15 is 0 Å². The number of thioether (sulfide) groups is 1. The summed E-state index contributed by atoms with van der Waals surface area (Å²) in [5, 5.41) is 19.8. The van der Waals surface area contributed by atoms with Gasteiger partial charge in [0.2, 0.25) is 5.16 Å². The maximum atomic E-state index is 11.2. The minimum absolute atomic E-state index is 0.0762. The molecule has 1 rings (SSSR count). The van der Waals surface area contributed by atoms with Crippen molar-refractivity contribution in [1.29, 1.82) is 0 Å². The first-order valence-electron chi connectivity index (χ1n) is 4.43. The third-order valence-electron chi connectivity index (χ3n) is 1.82. The van der Waals surface area contributed by atoms with Crippen molar-refractivity contribution >= 4 is 28.5 Å². The Bertz CT molecular complexity index is 395. The van der Waals surface area contributed by atoms with Crippen molar-refractivity contribution in [3.8, 4) is 0 Å². The molecule has 0 amide bonds. The van der Waals surface area contributed by atoms with E-state index in [1.54, 1.807) is 6.26 Å². The van der Waals surface area contributed by atoms with Crippen LogP contribution in [0.5, 0.6) is 0 Å². The van der Waals surface area contributed by atoms with Gasteiger partial charge in [0.25, 0.3) is 0 Å². The number of rotatable bonds is 6. The minimum Gasteiger partial charge on any atom is -0.481 e. The van der Waals surface area contributed by atoms with Crippen molar-refractivity contribution in [1.82, 2.24) is 20.2 Å². The van der Waals surface area contributed by atoms with E-state index in [1.165, 1.54) is 4.68 Å². The molecule has 90 valence electrons. The normalized spacial score (nSPS) is 14.6. The summed E-state index contributed by atoms with van der Waals surface area (Å²) in [5.41, 5.74) is 0. The molecule has 0 saturated heterocycles. The van der Waals surface area contributed by atoms with Gasteiger partial charge in [-0.15, -0.1) is 5.10 Å². The van der Waals surface area contributed by atoms with Gasteiger partial charge in [0.05, 0.1) is 17.5 Å². The van der Waals surface area contributed by atoms with E-state index in [9.17, 15) is 9.00 Å². The van der Waals surface area contributed by atoms with Crippen LogP contribution < -0.4 is 0 Å². The number of tetrazole rings is 1. The van der Waals surface area contributed by atoms with Gasteiger partial charge in [-0.05, 0) is 17.4 Å². The summed E-state index contributed by atoms with van der Waals surface area (Å²) in [6.07, 6.45) is 1.61. The summed E-state index contributed by atoms with van der Waals surface area (Å²) in [6, 6.07) is 0. The van der Waals surface area contributed by atoms with Crippen molar-refractivity contribution < 1.29 is 14.1 Å². The fourth-order valence-corrected chi connectivity index (χ4v) is 1.85. The Labute approximate surface area is 99.1 Å². The summed E-state index contributed by atoms with van der Waals surface area (Å²) >= 11 is 1.04. The highest BCUT2D eigenvalue weighted by atomic mass is 32.2. The second kappa shape index (κ2) is 5.94. The van der Waals surface area contributed by atoms with Crippen LogP contribution in [-0.2, 0) is 22.1 Å². The van der Waals surface area contributed by atoms with Gasteiger partial charge in [-0.2, -0.15) is 0 Å². The van der Waals surface area contributed by atoms with Crippen molar-refractivity contribution in [2.24, 2.45) is 0 Å².